The van der Waals surface area contributed by atoms with Crippen molar-refractivity contribution in [3.8, 4) is 0 Å². The summed E-state index contributed by atoms with van der Waals surface area (Å²) in [6.45, 7) is 0. The molecule has 2 atom stereocenters. The molecule has 2 rings (SSSR count). The van der Waals surface area contributed by atoms with E-state index in [1.807, 2.05) is 0 Å². The molecule has 0 radical (unpaired) electrons. The highest BCUT2D eigenvalue weighted by atomic mass is 35.5. The largest absolute Gasteiger partial charge is 0.479 e. The van der Waals surface area contributed by atoms with Crippen molar-refractivity contribution in [3.63, 3.8) is 0 Å². The maximum absolute atomic E-state index is 12.3. The SMILES string of the molecule is O=C(O)C1CCC(CS(=O)(=O)c2c(Cl)cccc2Cl)O1. The Kier molecular flexibility index (Phi) is 4.59. The van der Waals surface area contributed by atoms with Gasteiger partial charge in [0.25, 0.3) is 0 Å². The van der Waals surface area contributed by atoms with Gasteiger partial charge >= 0.3 is 5.97 Å². The van der Waals surface area contributed by atoms with Gasteiger partial charge in [-0.15, -0.1) is 0 Å². The number of aliphatic carboxylic acids is 1. The minimum absolute atomic E-state index is 0.0466. The van der Waals surface area contributed by atoms with Gasteiger partial charge in [0.1, 0.15) is 4.90 Å². The van der Waals surface area contributed by atoms with Crippen LogP contribution in [0.4, 0.5) is 0 Å². The first-order chi connectivity index (χ1) is 9.31. The van der Waals surface area contributed by atoms with Crippen LogP contribution < -0.4 is 0 Å². The summed E-state index contributed by atoms with van der Waals surface area (Å²) < 4.78 is 29.8. The summed E-state index contributed by atoms with van der Waals surface area (Å²) in [4.78, 5) is 10.6. The Labute approximate surface area is 126 Å². The Hall–Kier alpha value is -0.820. The number of sulfone groups is 1. The van der Waals surface area contributed by atoms with Crippen LogP contribution in [0.2, 0.25) is 10.0 Å². The summed E-state index contributed by atoms with van der Waals surface area (Å²) in [7, 11) is -3.74. The fourth-order valence-electron chi connectivity index (χ4n) is 2.12. The second kappa shape index (κ2) is 5.89. The van der Waals surface area contributed by atoms with Crippen molar-refractivity contribution in [3.05, 3.63) is 28.2 Å². The highest BCUT2D eigenvalue weighted by Crippen LogP contribution is 2.32. The van der Waals surface area contributed by atoms with Crippen molar-refractivity contribution < 1.29 is 23.1 Å². The number of ether oxygens (including phenoxy) is 1. The first-order valence-electron chi connectivity index (χ1n) is 5.86. The van der Waals surface area contributed by atoms with Crippen LogP contribution in [-0.2, 0) is 19.4 Å². The minimum atomic E-state index is -3.74. The molecular formula is C12H12Cl2O5S. The summed E-state index contributed by atoms with van der Waals surface area (Å²) in [5.74, 6) is -1.42. The van der Waals surface area contributed by atoms with E-state index < -0.39 is 28.0 Å². The number of rotatable bonds is 4. The van der Waals surface area contributed by atoms with Crippen molar-refractivity contribution in [1.82, 2.24) is 0 Å². The van der Waals surface area contributed by atoms with Gasteiger partial charge in [0.15, 0.2) is 15.9 Å². The molecule has 110 valence electrons. The van der Waals surface area contributed by atoms with E-state index in [9.17, 15) is 13.2 Å². The van der Waals surface area contributed by atoms with Crippen LogP contribution in [0.25, 0.3) is 0 Å². The molecule has 1 fully saturated rings. The molecule has 0 aliphatic carbocycles. The van der Waals surface area contributed by atoms with E-state index in [1.54, 1.807) is 6.07 Å². The van der Waals surface area contributed by atoms with Gasteiger partial charge in [0, 0.05) is 0 Å². The van der Waals surface area contributed by atoms with E-state index in [-0.39, 0.29) is 20.7 Å². The molecule has 1 saturated heterocycles. The van der Waals surface area contributed by atoms with Gasteiger partial charge in [-0.3, -0.25) is 0 Å². The van der Waals surface area contributed by atoms with E-state index in [2.05, 4.69) is 0 Å². The summed E-state index contributed by atoms with van der Waals surface area (Å²) in [6, 6.07) is 4.43. The van der Waals surface area contributed by atoms with E-state index in [0.717, 1.165) is 0 Å². The Morgan fingerprint density at radius 2 is 1.90 bits per heavy atom. The zero-order chi connectivity index (χ0) is 14.9. The van der Waals surface area contributed by atoms with Crippen molar-refractivity contribution in [1.29, 1.82) is 0 Å². The lowest BCUT2D eigenvalue weighted by Gasteiger charge is -2.13. The quantitative estimate of drug-likeness (QED) is 0.911. The standard InChI is InChI=1S/C12H12Cl2O5S/c13-8-2-1-3-9(14)11(8)20(17,18)6-7-4-5-10(19-7)12(15)16/h1-3,7,10H,4-6H2,(H,15,16). The first-order valence-corrected chi connectivity index (χ1v) is 8.27. The molecule has 5 nitrogen and oxygen atoms in total. The lowest BCUT2D eigenvalue weighted by atomic mass is 10.2. The number of carbonyl (C=O) groups is 1. The van der Waals surface area contributed by atoms with Crippen LogP contribution in [0.15, 0.2) is 23.1 Å². The van der Waals surface area contributed by atoms with Gasteiger partial charge in [-0.05, 0) is 25.0 Å². The van der Waals surface area contributed by atoms with Crippen molar-refractivity contribution in [2.24, 2.45) is 0 Å². The molecule has 1 aliphatic rings. The molecule has 1 aliphatic heterocycles. The molecule has 0 saturated carbocycles. The summed E-state index contributed by atoms with van der Waals surface area (Å²) in [5.41, 5.74) is 0. The van der Waals surface area contributed by atoms with Gasteiger partial charge in [-0.2, -0.15) is 0 Å². The van der Waals surface area contributed by atoms with Crippen LogP contribution in [0, 0.1) is 0 Å². The molecule has 1 aromatic carbocycles. The van der Waals surface area contributed by atoms with Gasteiger partial charge in [-0.1, -0.05) is 29.3 Å². The molecular weight excluding hydrogens is 327 g/mol. The monoisotopic (exact) mass is 338 g/mol. The smallest absolute Gasteiger partial charge is 0.332 e. The Morgan fingerprint density at radius 1 is 1.30 bits per heavy atom. The lowest BCUT2D eigenvalue weighted by molar-refractivity contribution is -0.148. The number of halogens is 2. The second-order valence-electron chi connectivity index (χ2n) is 4.49. The highest BCUT2D eigenvalue weighted by molar-refractivity contribution is 7.91. The van der Waals surface area contributed by atoms with Gasteiger partial charge in [0.2, 0.25) is 0 Å². The molecule has 0 amide bonds. The summed E-state index contributed by atoms with van der Waals surface area (Å²) >= 11 is 11.8. The summed E-state index contributed by atoms with van der Waals surface area (Å²) in [5, 5.41) is 8.91. The Bertz CT molecular complexity index is 608. The maximum Gasteiger partial charge on any atom is 0.332 e. The number of hydrogen-bond donors (Lipinski definition) is 1. The Morgan fingerprint density at radius 3 is 2.40 bits per heavy atom. The molecule has 1 aromatic rings. The number of hydrogen-bond acceptors (Lipinski definition) is 4. The molecule has 1 heterocycles. The van der Waals surface area contributed by atoms with E-state index >= 15 is 0 Å². The molecule has 20 heavy (non-hydrogen) atoms. The third kappa shape index (κ3) is 3.25. The van der Waals surface area contributed by atoms with Gasteiger partial charge in [0.05, 0.1) is 21.9 Å². The van der Waals surface area contributed by atoms with Crippen LogP contribution in [0.5, 0.6) is 0 Å². The van der Waals surface area contributed by atoms with E-state index in [4.69, 9.17) is 33.0 Å². The highest BCUT2D eigenvalue weighted by Gasteiger charge is 2.34. The molecule has 0 spiro atoms. The normalized spacial score (nSPS) is 22.9. The predicted molar refractivity (Wildman–Crippen MR) is 74.0 cm³/mol. The lowest BCUT2D eigenvalue weighted by Crippen LogP contribution is -2.25. The summed E-state index contributed by atoms with van der Waals surface area (Å²) in [6.07, 6.45) is -0.935. The van der Waals surface area contributed by atoms with Gasteiger partial charge in [-0.25, -0.2) is 13.2 Å². The van der Waals surface area contributed by atoms with Crippen molar-refractivity contribution in [2.75, 3.05) is 5.75 Å². The minimum Gasteiger partial charge on any atom is -0.479 e. The van der Waals surface area contributed by atoms with Crippen molar-refractivity contribution in [2.45, 2.75) is 29.9 Å². The number of carboxylic acids is 1. The third-order valence-electron chi connectivity index (χ3n) is 3.02. The van der Waals surface area contributed by atoms with E-state index in [1.165, 1.54) is 12.1 Å². The maximum atomic E-state index is 12.3. The zero-order valence-electron chi connectivity index (χ0n) is 10.3. The van der Waals surface area contributed by atoms with Crippen LogP contribution in [0.1, 0.15) is 12.8 Å². The van der Waals surface area contributed by atoms with Crippen molar-refractivity contribution >= 4 is 39.0 Å². The average molecular weight is 339 g/mol. The third-order valence-corrected chi connectivity index (χ3v) is 5.74. The molecule has 0 bridgehead atoms. The van der Waals surface area contributed by atoms with Gasteiger partial charge < -0.3 is 9.84 Å². The predicted octanol–water partition coefficient (Wildman–Crippen LogP) is 2.40. The fourth-order valence-corrected chi connectivity index (χ4v) is 4.85. The number of carboxylic acid groups (broad SMARTS) is 1. The van der Waals surface area contributed by atoms with Crippen LogP contribution in [-0.4, -0.2) is 37.5 Å². The number of benzene rings is 1. The second-order valence-corrected chi connectivity index (χ2v) is 7.28. The zero-order valence-corrected chi connectivity index (χ0v) is 12.6. The fraction of sp³-hybridized carbons (Fsp3) is 0.417. The molecule has 8 heteroatoms. The molecule has 0 aromatic heterocycles. The topological polar surface area (TPSA) is 80.7 Å². The Balaban J connectivity index is 2.19. The molecule has 2 unspecified atom stereocenters. The molecule has 1 N–H and O–H groups in total. The van der Waals surface area contributed by atoms with Crippen LogP contribution >= 0.6 is 23.2 Å². The van der Waals surface area contributed by atoms with E-state index in [0.29, 0.717) is 12.8 Å². The van der Waals surface area contributed by atoms with Crippen LogP contribution in [0.3, 0.4) is 0 Å². The average Bonchev–Trinajstić information content (AvgIpc) is 2.76. The first kappa shape index (κ1) is 15.6.